The van der Waals surface area contributed by atoms with Crippen LogP contribution in [0.1, 0.15) is 27.7 Å². The van der Waals surface area contributed by atoms with Crippen LogP contribution in [-0.2, 0) is 4.79 Å². The molecule has 1 atom stereocenters. The zero-order valence-corrected chi connectivity index (χ0v) is 12.4. The minimum atomic E-state index is -0.898. The molecule has 0 bridgehead atoms. The lowest BCUT2D eigenvalue weighted by Crippen LogP contribution is -2.37. The van der Waals surface area contributed by atoms with E-state index in [0.29, 0.717) is 16.8 Å². The van der Waals surface area contributed by atoms with Gasteiger partial charge in [0.1, 0.15) is 6.04 Å². The van der Waals surface area contributed by atoms with Crippen molar-refractivity contribution in [2.24, 2.45) is 5.73 Å². The van der Waals surface area contributed by atoms with E-state index in [1.807, 2.05) is 13.0 Å². The minimum absolute atomic E-state index is 0.337. The van der Waals surface area contributed by atoms with E-state index in [4.69, 9.17) is 5.73 Å². The van der Waals surface area contributed by atoms with Crippen LogP contribution in [0.25, 0.3) is 11.0 Å². The van der Waals surface area contributed by atoms with Crippen molar-refractivity contribution in [3.05, 3.63) is 59.4 Å². The van der Waals surface area contributed by atoms with Crippen molar-refractivity contribution in [1.29, 1.82) is 0 Å². The van der Waals surface area contributed by atoms with Crippen LogP contribution < -0.4 is 11.1 Å². The number of aromatic nitrogens is 3. The summed E-state index contributed by atoms with van der Waals surface area (Å²) in [7, 11) is 0. The second-order valence-electron chi connectivity index (χ2n) is 5.16. The number of aryl methyl sites for hydroxylation is 1. The zero-order chi connectivity index (χ0) is 16.4. The van der Waals surface area contributed by atoms with Gasteiger partial charge in [0.15, 0.2) is 5.65 Å². The monoisotopic (exact) mass is 309 g/mol. The Morgan fingerprint density at radius 3 is 2.70 bits per heavy atom. The summed E-state index contributed by atoms with van der Waals surface area (Å²) in [6, 6.07) is 9.63. The molecule has 0 aliphatic heterocycles. The second-order valence-corrected chi connectivity index (χ2v) is 5.16. The Kier molecular flexibility index (Phi) is 3.76. The molecule has 3 aromatic rings. The fourth-order valence-electron chi connectivity index (χ4n) is 2.32. The fourth-order valence-corrected chi connectivity index (χ4v) is 2.32. The number of nitrogens with two attached hydrogens (primary N) is 1. The van der Waals surface area contributed by atoms with Gasteiger partial charge in [-0.2, -0.15) is 5.10 Å². The lowest BCUT2D eigenvalue weighted by molar-refractivity contribution is -0.120. The summed E-state index contributed by atoms with van der Waals surface area (Å²) in [5, 5.41) is 10.2. The van der Waals surface area contributed by atoms with Gasteiger partial charge in [0.2, 0.25) is 5.91 Å². The van der Waals surface area contributed by atoms with Gasteiger partial charge in [0, 0.05) is 17.3 Å². The molecule has 2 amide bonds. The van der Waals surface area contributed by atoms with Crippen molar-refractivity contribution in [1.82, 2.24) is 20.5 Å². The number of carbonyl (C=O) groups excluding carboxylic acids is 2. The number of aromatic amines is 1. The quantitative estimate of drug-likeness (QED) is 0.672. The Morgan fingerprint density at radius 1 is 1.26 bits per heavy atom. The van der Waals surface area contributed by atoms with Crippen LogP contribution in [0.3, 0.4) is 0 Å². The highest BCUT2D eigenvalue weighted by Gasteiger charge is 2.21. The molecule has 2 aromatic heterocycles. The first-order valence-electron chi connectivity index (χ1n) is 7.02. The number of benzene rings is 1. The molecule has 7 nitrogen and oxygen atoms in total. The van der Waals surface area contributed by atoms with Crippen molar-refractivity contribution in [3.63, 3.8) is 0 Å². The molecule has 0 fully saturated rings. The molecule has 4 N–H and O–H groups in total. The van der Waals surface area contributed by atoms with E-state index in [1.165, 1.54) is 6.20 Å². The smallest absolute Gasteiger partial charge is 0.253 e. The molecule has 0 saturated carbocycles. The van der Waals surface area contributed by atoms with Crippen LogP contribution in [0, 0.1) is 6.92 Å². The molecule has 23 heavy (non-hydrogen) atoms. The molecule has 1 aromatic carbocycles. The predicted molar refractivity (Wildman–Crippen MR) is 84.5 cm³/mol. The summed E-state index contributed by atoms with van der Waals surface area (Å²) in [4.78, 5) is 28.2. The molecule has 116 valence electrons. The van der Waals surface area contributed by atoms with Crippen molar-refractivity contribution < 1.29 is 9.59 Å². The number of nitrogens with one attached hydrogen (secondary N) is 2. The van der Waals surface area contributed by atoms with Crippen LogP contribution in [-0.4, -0.2) is 27.0 Å². The summed E-state index contributed by atoms with van der Waals surface area (Å²) in [5.41, 5.74) is 7.72. The zero-order valence-electron chi connectivity index (χ0n) is 12.4. The maximum absolute atomic E-state index is 12.4. The molecule has 0 aliphatic carbocycles. The Balaban J connectivity index is 1.88. The third-order valence-corrected chi connectivity index (χ3v) is 3.56. The SMILES string of the molecule is Cc1[nH]nc2ncc(C(=O)NC(C(N)=O)c3ccccc3)cc12. The van der Waals surface area contributed by atoms with E-state index in [1.54, 1.807) is 30.3 Å². The number of nitrogens with zero attached hydrogens (tertiary/aromatic N) is 2. The number of hydrogen-bond acceptors (Lipinski definition) is 4. The fraction of sp³-hybridized carbons (Fsp3) is 0.125. The molecule has 1 unspecified atom stereocenters. The third kappa shape index (κ3) is 2.89. The van der Waals surface area contributed by atoms with Gasteiger partial charge in [0.05, 0.1) is 5.56 Å². The van der Waals surface area contributed by atoms with Crippen LogP contribution in [0.5, 0.6) is 0 Å². The number of fused-ring (bicyclic) bond motifs is 1. The number of amides is 2. The van der Waals surface area contributed by atoms with Crippen LogP contribution in [0.4, 0.5) is 0 Å². The Labute approximate surface area is 131 Å². The summed E-state index contributed by atoms with van der Waals surface area (Å²) >= 11 is 0. The number of hydrogen-bond donors (Lipinski definition) is 3. The number of rotatable bonds is 4. The number of pyridine rings is 1. The second kappa shape index (κ2) is 5.88. The average molecular weight is 309 g/mol. The lowest BCUT2D eigenvalue weighted by atomic mass is 10.1. The minimum Gasteiger partial charge on any atom is -0.368 e. The number of carbonyl (C=O) groups is 2. The Hall–Kier alpha value is -3.22. The molecule has 0 radical (unpaired) electrons. The topological polar surface area (TPSA) is 114 Å². The van der Waals surface area contributed by atoms with Gasteiger partial charge >= 0.3 is 0 Å². The van der Waals surface area contributed by atoms with Gasteiger partial charge in [0.25, 0.3) is 5.91 Å². The van der Waals surface area contributed by atoms with Crippen molar-refractivity contribution in [2.45, 2.75) is 13.0 Å². The van der Waals surface area contributed by atoms with E-state index < -0.39 is 17.9 Å². The first kappa shape index (κ1) is 14.7. The number of H-pyrrole nitrogens is 1. The highest BCUT2D eigenvalue weighted by atomic mass is 16.2. The van der Waals surface area contributed by atoms with Gasteiger partial charge in [-0.3, -0.25) is 14.7 Å². The standard InChI is InChI=1S/C16H15N5O2/c1-9-12-7-11(8-18-15(12)21-20-9)16(23)19-13(14(17)22)10-5-3-2-4-6-10/h2-8,13H,1H3,(H2,17,22)(H,19,23)(H,18,20,21). The number of primary amides is 1. The molecular formula is C16H15N5O2. The van der Waals surface area contributed by atoms with Crippen LogP contribution in [0.15, 0.2) is 42.6 Å². The summed E-state index contributed by atoms with van der Waals surface area (Å²) in [6.07, 6.45) is 1.42. The maximum Gasteiger partial charge on any atom is 0.253 e. The van der Waals surface area contributed by atoms with Crippen LogP contribution >= 0.6 is 0 Å². The van der Waals surface area contributed by atoms with Crippen LogP contribution in [0.2, 0.25) is 0 Å². The molecule has 2 heterocycles. The molecule has 7 heteroatoms. The third-order valence-electron chi connectivity index (χ3n) is 3.56. The normalized spacial score (nSPS) is 12.0. The van der Waals surface area contributed by atoms with E-state index in [9.17, 15) is 9.59 Å². The van der Waals surface area contributed by atoms with Gasteiger partial charge < -0.3 is 11.1 Å². The highest BCUT2D eigenvalue weighted by Crippen LogP contribution is 2.16. The molecule has 0 aliphatic rings. The van der Waals surface area contributed by atoms with Crippen molar-refractivity contribution in [2.75, 3.05) is 0 Å². The van der Waals surface area contributed by atoms with Crippen molar-refractivity contribution in [3.8, 4) is 0 Å². The summed E-state index contributed by atoms with van der Waals surface area (Å²) < 4.78 is 0. The first-order valence-corrected chi connectivity index (χ1v) is 7.02. The average Bonchev–Trinajstić information content (AvgIpc) is 2.93. The Morgan fingerprint density at radius 2 is 2.00 bits per heavy atom. The van der Waals surface area contributed by atoms with Gasteiger partial charge in [-0.15, -0.1) is 0 Å². The Bertz CT molecular complexity index is 873. The van der Waals surface area contributed by atoms with Crippen molar-refractivity contribution >= 4 is 22.8 Å². The predicted octanol–water partition coefficient (Wildman–Crippen LogP) is 1.22. The van der Waals surface area contributed by atoms with Gasteiger partial charge in [-0.05, 0) is 18.6 Å². The molecule has 0 spiro atoms. The van der Waals surface area contributed by atoms with E-state index >= 15 is 0 Å². The highest BCUT2D eigenvalue weighted by molar-refractivity contribution is 5.99. The molecule has 3 rings (SSSR count). The van der Waals surface area contributed by atoms with E-state index in [0.717, 1.165) is 11.1 Å². The summed E-state index contributed by atoms with van der Waals surface area (Å²) in [5.74, 6) is -1.05. The van der Waals surface area contributed by atoms with E-state index in [-0.39, 0.29) is 0 Å². The molecule has 0 saturated heterocycles. The summed E-state index contributed by atoms with van der Waals surface area (Å²) in [6.45, 7) is 1.84. The van der Waals surface area contributed by atoms with E-state index in [2.05, 4.69) is 20.5 Å². The largest absolute Gasteiger partial charge is 0.368 e. The lowest BCUT2D eigenvalue weighted by Gasteiger charge is -2.15. The van der Waals surface area contributed by atoms with Gasteiger partial charge in [-0.25, -0.2) is 4.98 Å². The maximum atomic E-state index is 12.4. The first-order chi connectivity index (χ1) is 11.1. The van der Waals surface area contributed by atoms with Gasteiger partial charge in [-0.1, -0.05) is 30.3 Å². The molecular weight excluding hydrogens is 294 g/mol.